The Balaban J connectivity index is 0. The van der Waals surface area contributed by atoms with Crippen LogP contribution in [0.25, 0.3) is 22.5 Å². The molecule has 0 aliphatic heterocycles. The summed E-state index contributed by atoms with van der Waals surface area (Å²) in [7, 11) is -1.73. The van der Waals surface area contributed by atoms with Gasteiger partial charge in [-0.3, -0.25) is 0 Å². The summed E-state index contributed by atoms with van der Waals surface area (Å²) < 4.78 is 113. The Morgan fingerprint density at radius 2 is 0.706 bits per heavy atom. The summed E-state index contributed by atoms with van der Waals surface area (Å²) in [6.07, 6.45) is -13.0. The maximum Gasteiger partial charge on any atom is 0.488 e. The number of aromatic nitrogens is 6. The molecular formula is C47H57BF9I3N6O2. The van der Waals surface area contributed by atoms with Gasteiger partial charge in [0, 0.05) is 33.9 Å². The van der Waals surface area contributed by atoms with Crippen LogP contribution in [0, 0.1) is 48.5 Å². The van der Waals surface area contributed by atoms with Gasteiger partial charge in [0.05, 0.1) is 30.0 Å². The Hall–Kier alpha value is -3.56. The standard InChI is InChI=1S/2C13H11F3N2.C7H6BF3O2.C7H10N2.C2H4I2.C2H5I.C2H6.CH4/c2*1-8-7-12(18-9(2)17-8)10-3-5-11(6-4-10)13(14,15)16;9-7(10,11)5-1-3-6(4-2-5)8(12)13;1-5-4-6(2)9-7(3)8-5;1-2(3)4;1-2-3;1-2;/h2*3-7H,1-2H3;1-4,12-13H;4H,1-3H3;2H,1H3;2H2,1H3;1-2H3;1H4. The molecule has 374 valence electrons. The Labute approximate surface area is 435 Å². The molecule has 0 saturated heterocycles. The Morgan fingerprint density at radius 1 is 0.485 bits per heavy atom. The Bertz CT molecular complexity index is 2140. The van der Waals surface area contributed by atoms with E-state index in [0.717, 1.165) is 79.1 Å². The smallest absolute Gasteiger partial charge is 0.423 e. The van der Waals surface area contributed by atoms with Crippen molar-refractivity contribution in [1.82, 2.24) is 29.9 Å². The first-order valence-corrected chi connectivity index (χ1v) is 24.1. The van der Waals surface area contributed by atoms with Gasteiger partial charge in [-0.2, -0.15) is 39.5 Å². The fourth-order valence-electron chi connectivity index (χ4n) is 5.14. The number of halogens is 12. The first kappa shape index (κ1) is 66.5. The summed E-state index contributed by atoms with van der Waals surface area (Å²) in [4.78, 5) is 24.9. The molecule has 2 N–H and O–H groups in total. The molecule has 0 spiro atoms. The van der Waals surface area contributed by atoms with Crippen LogP contribution < -0.4 is 5.46 Å². The summed E-state index contributed by atoms with van der Waals surface area (Å²) in [5.41, 5.74) is 4.14. The highest BCUT2D eigenvalue weighted by atomic mass is 127. The summed E-state index contributed by atoms with van der Waals surface area (Å²) in [5.74, 6) is 2.06. The van der Waals surface area contributed by atoms with E-state index in [1.807, 2.05) is 54.5 Å². The highest BCUT2D eigenvalue weighted by Crippen LogP contribution is 2.32. The summed E-state index contributed by atoms with van der Waals surface area (Å²) in [5, 5.41) is 17.2. The third-order valence-corrected chi connectivity index (χ3v) is 7.58. The van der Waals surface area contributed by atoms with Gasteiger partial charge in [-0.25, -0.2) is 29.9 Å². The van der Waals surface area contributed by atoms with Crippen LogP contribution in [0.1, 0.15) is 92.1 Å². The molecule has 6 aromatic rings. The fourth-order valence-corrected chi connectivity index (χ4v) is 5.14. The number of benzene rings is 3. The van der Waals surface area contributed by atoms with Crippen LogP contribution in [0.4, 0.5) is 39.5 Å². The third kappa shape index (κ3) is 27.6. The first-order chi connectivity index (χ1) is 31.0. The van der Waals surface area contributed by atoms with Crippen LogP contribution in [-0.2, 0) is 18.5 Å². The van der Waals surface area contributed by atoms with Crippen LogP contribution in [0.15, 0.2) is 91.0 Å². The van der Waals surface area contributed by atoms with Crippen molar-refractivity contribution in [2.75, 3.05) is 4.43 Å². The minimum Gasteiger partial charge on any atom is -0.423 e. The highest BCUT2D eigenvalue weighted by Gasteiger charge is 2.31. The average Bonchev–Trinajstić information content (AvgIpc) is 3.20. The van der Waals surface area contributed by atoms with Gasteiger partial charge in [0.15, 0.2) is 0 Å². The van der Waals surface area contributed by atoms with Gasteiger partial charge in [0.2, 0.25) is 0 Å². The number of hydrogen-bond donors (Lipinski definition) is 2. The van der Waals surface area contributed by atoms with Crippen molar-refractivity contribution in [2.24, 2.45) is 0 Å². The average molecular weight is 1300 g/mol. The number of aryl methyl sites for hydroxylation is 7. The van der Waals surface area contributed by atoms with Crippen LogP contribution in [0.3, 0.4) is 0 Å². The lowest BCUT2D eigenvalue weighted by atomic mass is 9.80. The van der Waals surface area contributed by atoms with Crippen LogP contribution in [0.2, 0.25) is 0 Å². The second-order valence-electron chi connectivity index (χ2n) is 13.5. The topological polar surface area (TPSA) is 118 Å². The largest absolute Gasteiger partial charge is 0.488 e. The summed E-state index contributed by atoms with van der Waals surface area (Å²) in [6, 6.07) is 19.0. The molecule has 21 heteroatoms. The lowest BCUT2D eigenvalue weighted by molar-refractivity contribution is -0.138. The first-order valence-electron chi connectivity index (χ1n) is 20.1. The number of rotatable bonds is 3. The van der Waals surface area contributed by atoms with Crippen molar-refractivity contribution in [3.05, 3.63) is 148 Å². The molecule has 0 radical (unpaired) electrons. The minimum atomic E-state index is -4.39. The van der Waals surface area contributed by atoms with Crippen molar-refractivity contribution in [3.8, 4) is 22.5 Å². The molecule has 3 heterocycles. The predicted octanol–water partition coefficient (Wildman–Crippen LogP) is 14.7. The van der Waals surface area contributed by atoms with Gasteiger partial charge in [-0.05, 0) is 108 Å². The van der Waals surface area contributed by atoms with E-state index in [9.17, 15) is 39.5 Å². The van der Waals surface area contributed by atoms with Crippen molar-refractivity contribution in [1.29, 1.82) is 0 Å². The molecule has 8 nitrogen and oxygen atoms in total. The molecule has 3 aromatic carbocycles. The third-order valence-electron chi connectivity index (χ3n) is 7.58. The summed E-state index contributed by atoms with van der Waals surface area (Å²) in [6.45, 7) is 21.2. The zero-order valence-corrected chi connectivity index (χ0v) is 45.1. The monoisotopic (exact) mass is 1300 g/mol. The van der Waals surface area contributed by atoms with Gasteiger partial charge in [0.25, 0.3) is 0 Å². The Kier molecular flexibility index (Phi) is 31.7. The summed E-state index contributed by atoms with van der Waals surface area (Å²) >= 11 is 6.95. The van der Waals surface area contributed by atoms with E-state index in [1.165, 1.54) is 28.7 Å². The second kappa shape index (κ2) is 32.4. The number of nitrogens with zero attached hydrogens (tertiary/aromatic N) is 6. The molecule has 68 heavy (non-hydrogen) atoms. The maximum atomic E-state index is 12.4. The van der Waals surface area contributed by atoms with E-state index in [2.05, 4.69) is 112 Å². The predicted molar refractivity (Wildman–Crippen MR) is 282 cm³/mol. The van der Waals surface area contributed by atoms with Gasteiger partial charge < -0.3 is 10.0 Å². The molecule has 0 saturated carbocycles. The lowest BCUT2D eigenvalue weighted by Crippen LogP contribution is -2.29. The van der Waals surface area contributed by atoms with Crippen LogP contribution >= 0.6 is 67.8 Å². The van der Waals surface area contributed by atoms with Gasteiger partial charge >= 0.3 is 25.6 Å². The van der Waals surface area contributed by atoms with Crippen molar-refractivity contribution in [3.63, 3.8) is 0 Å². The molecule has 3 aromatic heterocycles. The second-order valence-corrected chi connectivity index (χ2v) is 21.2. The van der Waals surface area contributed by atoms with E-state index in [4.69, 9.17) is 10.0 Å². The molecule has 0 atom stereocenters. The van der Waals surface area contributed by atoms with Gasteiger partial charge in [-0.1, -0.05) is 145 Å². The maximum absolute atomic E-state index is 12.4. The Morgan fingerprint density at radius 3 is 0.912 bits per heavy atom. The molecule has 0 amide bonds. The lowest BCUT2D eigenvalue weighted by Gasteiger charge is -2.08. The molecule has 6 rings (SSSR count). The van der Waals surface area contributed by atoms with E-state index in [-0.39, 0.29) is 12.9 Å². The van der Waals surface area contributed by atoms with Crippen LogP contribution in [-0.4, -0.2) is 53.4 Å². The van der Waals surface area contributed by atoms with Gasteiger partial charge in [-0.15, -0.1) is 0 Å². The van der Waals surface area contributed by atoms with E-state index >= 15 is 0 Å². The molecule has 0 aliphatic carbocycles. The number of alkyl halides is 12. The quantitative estimate of drug-likeness (QED) is 0.0779. The normalized spacial score (nSPS) is 10.5. The van der Waals surface area contributed by atoms with Gasteiger partial charge in [0.1, 0.15) is 17.5 Å². The van der Waals surface area contributed by atoms with Crippen LogP contribution in [0.5, 0.6) is 0 Å². The SMILES string of the molecule is C.CC.CC(I)I.CCI.Cc1cc(-c2ccc(C(F)(F)F)cc2)nc(C)n1.Cc1cc(-c2ccc(C(F)(F)F)cc2)nc(C)n1.Cc1cc(C)nc(C)n1.OB(O)c1ccc(C(F)(F)F)cc1. The molecule has 0 bridgehead atoms. The van der Waals surface area contributed by atoms with E-state index in [0.29, 0.717) is 34.2 Å². The zero-order valence-electron chi connectivity index (χ0n) is 38.6. The molecule has 0 fully saturated rings. The number of hydrogen-bond acceptors (Lipinski definition) is 8. The van der Waals surface area contributed by atoms with E-state index < -0.39 is 42.3 Å². The highest BCUT2D eigenvalue weighted by molar-refractivity contribution is 14.2. The molecule has 0 aliphatic rings. The van der Waals surface area contributed by atoms with Crippen molar-refractivity contribution in [2.45, 2.75) is 104 Å². The van der Waals surface area contributed by atoms with Crippen molar-refractivity contribution < 1.29 is 49.6 Å². The minimum absolute atomic E-state index is 0. The fraction of sp³-hybridized carbons (Fsp3) is 0.362. The zero-order chi connectivity index (χ0) is 51.9. The van der Waals surface area contributed by atoms with E-state index in [1.54, 1.807) is 26.0 Å². The molecule has 0 unspecified atom stereocenters. The van der Waals surface area contributed by atoms with Crippen molar-refractivity contribution >= 4 is 80.4 Å². The molecular weight excluding hydrogens is 1240 g/mol.